The van der Waals surface area contributed by atoms with Gasteiger partial charge in [0.25, 0.3) is 0 Å². The van der Waals surface area contributed by atoms with Gasteiger partial charge >= 0.3 is 0 Å². The topological polar surface area (TPSA) is 26.0 Å². The molecule has 2 rings (SSSR count). The lowest BCUT2D eigenvalue weighted by atomic mass is 9.98. The Labute approximate surface area is 119 Å². The lowest BCUT2D eigenvalue weighted by molar-refractivity contribution is 0.593. The molecule has 0 aliphatic carbocycles. The van der Waals surface area contributed by atoms with Crippen LogP contribution in [-0.2, 0) is 0 Å². The molecule has 0 bridgehead atoms. The number of halogens is 3. The number of nitrogens with two attached hydrogens (primary N) is 1. The van der Waals surface area contributed by atoms with Crippen LogP contribution >= 0.6 is 27.5 Å². The normalized spacial score (nSPS) is 12.5. The molecule has 2 N–H and O–H groups in total. The molecule has 0 aliphatic heterocycles. The number of aryl methyl sites for hydroxylation is 1. The van der Waals surface area contributed by atoms with Crippen LogP contribution in [0.1, 0.15) is 22.7 Å². The lowest BCUT2D eigenvalue weighted by Gasteiger charge is -2.16. The molecular formula is C14H12BrClFN. The molecule has 0 saturated heterocycles. The van der Waals surface area contributed by atoms with Crippen molar-refractivity contribution < 1.29 is 4.39 Å². The molecule has 18 heavy (non-hydrogen) atoms. The van der Waals surface area contributed by atoms with E-state index in [-0.39, 0.29) is 5.82 Å². The highest BCUT2D eigenvalue weighted by Crippen LogP contribution is 2.30. The van der Waals surface area contributed by atoms with E-state index in [1.165, 1.54) is 0 Å². The number of hydrogen-bond acceptors (Lipinski definition) is 1. The van der Waals surface area contributed by atoms with Crippen molar-refractivity contribution in [3.8, 4) is 0 Å². The zero-order chi connectivity index (χ0) is 13.3. The van der Waals surface area contributed by atoms with Gasteiger partial charge in [0.05, 0.1) is 10.5 Å². The third kappa shape index (κ3) is 2.58. The molecule has 0 fully saturated rings. The van der Waals surface area contributed by atoms with Crippen LogP contribution in [0.3, 0.4) is 0 Å². The van der Waals surface area contributed by atoms with Gasteiger partial charge in [0, 0.05) is 10.6 Å². The highest BCUT2D eigenvalue weighted by atomic mass is 79.9. The number of rotatable bonds is 2. The van der Waals surface area contributed by atoms with Crippen molar-refractivity contribution in [3.63, 3.8) is 0 Å². The zero-order valence-electron chi connectivity index (χ0n) is 9.75. The van der Waals surface area contributed by atoms with Gasteiger partial charge in [-0.05, 0) is 46.1 Å². The molecule has 0 aromatic heterocycles. The maximum Gasteiger partial charge on any atom is 0.142 e. The maximum atomic E-state index is 14.0. The summed E-state index contributed by atoms with van der Waals surface area (Å²) in [6.07, 6.45) is 0. The summed E-state index contributed by atoms with van der Waals surface area (Å²) in [6, 6.07) is 10.1. The van der Waals surface area contributed by atoms with Crippen molar-refractivity contribution >= 4 is 27.5 Å². The van der Waals surface area contributed by atoms with Crippen molar-refractivity contribution in [3.05, 3.63) is 68.4 Å². The predicted octanol–water partition coefficient (Wildman–Crippen LogP) is 4.60. The van der Waals surface area contributed by atoms with Gasteiger partial charge in [-0.1, -0.05) is 35.9 Å². The van der Waals surface area contributed by atoms with Gasteiger partial charge in [0.2, 0.25) is 0 Å². The fourth-order valence-electron chi connectivity index (χ4n) is 1.81. The minimum absolute atomic E-state index is 0.346. The lowest BCUT2D eigenvalue weighted by Crippen LogP contribution is -2.14. The van der Waals surface area contributed by atoms with Gasteiger partial charge in [-0.2, -0.15) is 0 Å². The molecule has 1 unspecified atom stereocenters. The Morgan fingerprint density at radius 2 is 1.94 bits per heavy atom. The van der Waals surface area contributed by atoms with E-state index in [0.717, 1.165) is 11.1 Å². The van der Waals surface area contributed by atoms with E-state index in [2.05, 4.69) is 15.9 Å². The fraction of sp³-hybridized carbons (Fsp3) is 0.143. The summed E-state index contributed by atoms with van der Waals surface area (Å²) in [7, 11) is 0. The molecular weight excluding hydrogens is 317 g/mol. The average molecular weight is 329 g/mol. The van der Waals surface area contributed by atoms with Crippen LogP contribution < -0.4 is 5.73 Å². The summed E-state index contributed by atoms with van der Waals surface area (Å²) in [5.41, 5.74) is 8.29. The van der Waals surface area contributed by atoms with Crippen LogP contribution in [0.25, 0.3) is 0 Å². The van der Waals surface area contributed by atoms with Gasteiger partial charge in [-0.25, -0.2) is 4.39 Å². The van der Waals surface area contributed by atoms with Crippen molar-refractivity contribution in [2.75, 3.05) is 0 Å². The molecule has 1 atom stereocenters. The first-order chi connectivity index (χ1) is 8.50. The number of benzene rings is 2. The van der Waals surface area contributed by atoms with E-state index < -0.39 is 6.04 Å². The first kappa shape index (κ1) is 13.5. The first-order valence-electron chi connectivity index (χ1n) is 5.46. The molecule has 0 amide bonds. The van der Waals surface area contributed by atoms with E-state index >= 15 is 0 Å². The molecule has 4 heteroatoms. The van der Waals surface area contributed by atoms with Crippen molar-refractivity contribution in [1.82, 2.24) is 0 Å². The van der Waals surface area contributed by atoms with Crippen LogP contribution in [0, 0.1) is 12.7 Å². The highest BCUT2D eigenvalue weighted by molar-refractivity contribution is 9.10. The summed E-state index contributed by atoms with van der Waals surface area (Å²) >= 11 is 9.31. The van der Waals surface area contributed by atoms with Crippen LogP contribution in [0.5, 0.6) is 0 Å². The second kappa shape index (κ2) is 5.39. The first-order valence-corrected chi connectivity index (χ1v) is 6.63. The standard InChI is InChI=1S/C14H12BrClFN/c1-8-5-6-9(12(16)7-8)14(18)10-3-2-4-11(15)13(10)17/h2-7,14H,18H2,1H3. The molecule has 2 aromatic carbocycles. The molecule has 2 aromatic rings. The molecule has 0 spiro atoms. The average Bonchev–Trinajstić information content (AvgIpc) is 2.32. The summed E-state index contributed by atoms with van der Waals surface area (Å²) < 4.78 is 14.4. The molecule has 94 valence electrons. The monoisotopic (exact) mass is 327 g/mol. The van der Waals surface area contributed by atoms with Gasteiger partial charge in [-0.15, -0.1) is 0 Å². The van der Waals surface area contributed by atoms with Crippen LogP contribution in [-0.4, -0.2) is 0 Å². The van der Waals surface area contributed by atoms with Gasteiger partial charge < -0.3 is 5.73 Å². The van der Waals surface area contributed by atoms with Gasteiger partial charge in [-0.3, -0.25) is 0 Å². The number of hydrogen-bond donors (Lipinski definition) is 1. The molecule has 0 saturated carbocycles. The summed E-state index contributed by atoms with van der Waals surface area (Å²) in [5, 5.41) is 0.557. The second-order valence-corrected chi connectivity index (χ2v) is 5.41. The van der Waals surface area contributed by atoms with Gasteiger partial charge in [0.1, 0.15) is 5.82 Å². The molecule has 0 aliphatic rings. The second-order valence-electron chi connectivity index (χ2n) is 4.15. The molecule has 0 radical (unpaired) electrons. The van der Waals surface area contributed by atoms with E-state index in [4.69, 9.17) is 17.3 Å². The summed E-state index contributed by atoms with van der Waals surface area (Å²) in [4.78, 5) is 0. The highest BCUT2D eigenvalue weighted by Gasteiger charge is 2.17. The Morgan fingerprint density at radius 3 is 2.61 bits per heavy atom. The SMILES string of the molecule is Cc1ccc(C(N)c2cccc(Br)c2F)c(Cl)c1. The maximum absolute atomic E-state index is 14.0. The van der Waals surface area contributed by atoms with Crippen molar-refractivity contribution in [2.45, 2.75) is 13.0 Å². The quantitative estimate of drug-likeness (QED) is 0.856. The Bertz CT molecular complexity index is 586. The zero-order valence-corrected chi connectivity index (χ0v) is 12.1. The third-order valence-electron chi connectivity index (χ3n) is 2.81. The summed E-state index contributed by atoms with van der Waals surface area (Å²) in [6.45, 7) is 1.95. The van der Waals surface area contributed by atoms with Gasteiger partial charge in [0.15, 0.2) is 0 Å². The van der Waals surface area contributed by atoms with E-state index in [1.54, 1.807) is 18.2 Å². The Morgan fingerprint density at radius 1 is 1.22 bits per heavy atom. The summed E-state index contributed by atoms with van der Waals surface area (Å²) in [5.74, 6) is -0.346. The third-order valence-corrected chi connectivity index (χ3v) is 3.75. The smallest absolute Gasteiger partial charge is 0.142 e. The molecule has 1 nitrogen and oxygen atoms in total. The largest absolute Gasteiger partial charge is 0.320 e. The van der Waals surface area contributed by atoms with Crippen LogP contribution in [0.2, 0.25) is 5.02 Å². The van der Waals surface area contributed by atoms with Crippen LogP contribution in [0.15, 0.2) is 40.9 Å². The van der Waals surface area contributed by atoms with Crippen LogP contribution in [0.4, 0.5) is 4.39 Å². The Kier molecular flexibility index (Phi) is 4.05. The van der Waals surface area contributed by atoms with E-state index in [0.29, 0.717) is 15.1 Å². The van der Waals surface area contributed by atoms with Crippen molar-refractivity contribution in [1.29, 1.82) is 0 Å². The Balaban J connectivity index is 2.48. The minimum atomic E-state index is -0.574. The predicted molar refractivity (Wildman–Crippen MR) is 76.3 cm³/mol. The minimum Gasteiger partial charge on any atom is -0.320 e. The fourth-order valence-corrected chi connectivity index (χ4v) is 2.55. The molecule has 0 heterocycles. The van der Waals surface area contributed by atoms with E-state index in [1.807, 2.05) is 25.1 Å². The Hall–Kier alpha value is -0.900. The van der Waals surface area contributed by atoms with E-state index in [9.17, 15) is 4.39 Å². The van der Waals surface area contributed by atoms with Crippen molar-refractivity contribution in [2.24, 2.45) is 5.73 Å².